The van der Waals surface area contributed by atoms with E-state index in [0.717, 1.165) is 23.4 Å². The van der Waals surface area contributed by atoms with Crippen LogP contribution in [0.4, 0.5) is 10.1 Å². The Bertz CT molecular complexity index is 1310. The van der Waals surface area contributed by atoms with Gasteiger partial charge in [0.05, 0.1) is 16.1 Å². The Morgan fingerprint density at radius 2 is 2.03 bits per heavy atom. The molecule has 3 N–H and O–H groups in total. The second-order valence-electron chi connectivity index (χ2n) is 8.52. The molecule has 11 heteroatoms. The van der Waals surface area contributed by atoms with Crippen molar-refractivity contribution in [3.8, 4) is 0 Å². The number of fused-ring (bicyclic) bond motifs is 1. The molecular formula is C23H24FN5O4S. The van der Waals surface area contributed by atoms with Crippen molar-refractivity contribution in [3.63, 3.8) is 0 Å². The summed E-state index contributed by atoms with van der Waals surface area (Å²) in [6.45, 7) is 3.10. The molecule has 3 heterocycles. The molecule has 0 bridgehead atoms. The van der Waals surface area contributed by atoms with Crippen LogP contribution in [-0.2, 0) is 4.94 Å². The molecule has 5 rings (SSSR count). The summed E-state index contributed by atoms with van der Waals surface area (Å²) < 4.78 is 17.0. The van der Waals surface area contributed by atoms with E-state index in [-0.39, 0.29) is 17.0 Å². The van der Waals surface area contributed by atoms with Crippen molar-refractivity contribution >= 4 is 39.6 Å². The number of aromatic carboxylic acids is 1. The van der Waals surface area contributed by atoms with Gasteiger partial charge in [-0.2, -0.15) is 0 Å². The van der Waals surface area contributed by atoms with Crippen LogP contribution in [0.2, 0.25) is 0 Å². The largest absolute Gasteiger partial charge is 0.477 e. The van der Waals surface area contributed by atoms with Crippen LogP contribution >= 0.6 is 11.3 Å². The van der Waals surface area contributed by atoms with E-state index >= 15 is 4.39 Å². The summed E-state index contributed by atoms with van der Waals surface area (Å²) >= 11 is 1.55. The van der Waals surface area contributed by atoms with Crippen LogP contribution < -0.4 is 16.2 Å². The van der Waals surface area contributed by atoms with Crippen LogP contribution in [0.3, 0.4) is 0 Å². The highest BCUT2D eigenvalue weighted by Gasteiger charge is 2.28. The van der Waals surface area contributed by atoms with Gasteiger partial charge in [-0.1, -0.05) is 11.2 Å². The number of carbonyl (C=O) groups is 1. The Hall–Kier alpha value is -3.28. The molecule has 0 unspecified atom stereocenters. The molecule has 2 aliphatic rings. The summed E-state index contributed by atoms with van der Waals surface area (Å²) in [4.78, 5) is 33.9. The fraction of sp³-hybridized carbons (Fsp3) is 0.348. The number of oxime groups is 1. The van der Waals surface area contributed by atoms with Crippen LogP contribution in [0.25, 0.3) is 10.9 Å². The first-order valence-corrected chi connectivity index (χ1v) is 11.9. The summed E-state index contributed by atoms with van der Waals surface area (Å²) in [7, 11) is 0. The van der Waals surface area contributed by atoms with Crippen molar-refractivity contribution in [2.24, 2.45) is 11.1 Å². The highest BCUT2D eigenvalue weighted by molar-refractivity contribution is 7.12. The lowest BCUT2D eigenvalue weighted by molar-refractivity contribution is 0.0695. The Kier molecular flexibility index (Phi) is 6.07. The van der Waals surface area contributed by atoms with Gasteiger partial charge in [-0.15, -0.1) is 17.2 Å². The van der Waals surface area contributed by atoms with Gasteiger partial charge in [0.15, 0.2) is 0 Å². The van der Waals surface area contributed by atoms with E-state index in [4.69, 9.17) is 5.90 Å². The van der Waals surface area contributed by atoms with Crippen LogP contribution in [0.15, 0.2) is 45.8 Å². The third-order valence-electron chi connectivity index (χ3n) is 6.33. The minimum atomic E-state index is -1.30. The average molecular weight is 486 g/mol. The molecule has 1 aliphatic carbocycles. The zero-order chi connectivity index (χ0) is 23.8. The number of piperazine rings is 1. The molecule has 3 aromatic rings. The SMILES string of the molecule is NO/N=C(/CN1CCN(c2cc3c(cc2F)c(=O)c(C(=O)O)cn3C2CC2)CC1)c1cccs1. The third-order valence-corrected chi connectivity index (χ3v) is 7.25. The van der Waals surface area contributed by atoms with Crippen molar-refractivity contribution in [2.45, 2.75) is 18.9 Å². The summed E-state index contributed by atoms with van der Waals surface area (Å²) in [5.74, 6) is 3.34. The number of rotatable bonds is 7. The molecule has 1 aromatic carbocycles. The first-order chi connectivity index (χ1) is 16.5. The Labute approximate surface area is 198 Å². The van der Waals surface area contributed by atoms with E-state index in [1.165, 1.54) is 12.3 Å². The van der Waals surface area contributed by atoms with E-state index < -0.39 is 17.2 Å². The normalized spacial score (nSPS) is 17.4. The molecule has 0 spiro atoms. The molecule has 178 valence electrons. The molecule has 34 heavy (non-hydrogen) atoms. The lowest BCUT2D eigenvalue weighted by atomic mass is 10.1. The van der Waals surface area contributed by atoms with Gasteiger partial charge in [0, 0.05) is 50.3 Å². The average Bonchev–Trinajstić information content (AvgIpc) is 3.52. The minimum absolute atomic E-state index is 0.102. The smallest absolute Gasteiger partial charge is 0.341 e. The predicted octanol–water partition coefficient (Wildman–Crippen LogP) is 2.65. The molecule has 2 fully saturated rings. The van der Waals surface area contributed by atoms with E-state index in [0.29, 0.717) is 43.9 Å². The number of aromatic nitrogens is 1. The second kappa shape index (κ2) is 9.16. The number of anilines is 1. The fourth-order valence-electron chi connectivity index (χ4n) is 4.42. The summed E-state index contributed by atoms with van der Waals surface area (Å²) in [5, 5.41) is 15.4. The van der Waals surface area contributed by atoms with Gasteiger partial charge in [0.1, 0.15) is 17.1 Å². The number of pyridine rings is 1. The molecule has 1 saturated heterocycles. The third kappa shape index (κ3) is 4.29. The molecule has 2 aromatic heterocycles. The van der Waals surface area contributed by atoms with Crippen molar-refractivity contribution in [2.75, 3.05) is 37.6 Å². The van der Waals surface area contributed by atoms with Gasteiger partial charge in [-0.25, -0.2) is 9.18 Å². The number of hydrogen-bond donors (Lipinski definition) is 2. The monoisotopic (exact) mass is 485 g/mol. The van der Waals surface area contributed by atoms with Crippen LogP contribution in [-0.4, -0.2) is 59.0 Å². The lowest BCUT2D eigenvalue weighted by Crippen LogP contribution is -2.48. The molecule has 0 atom stereocenters. The number of halogens is 1. The highest BCUT2D eigenvalue weighted by Crippen LogP contribution is 2.38. The number of nitrogens with two attached hydrogens (primary N) is 1. The second-order valence-corrected chi connectivity index (χ2v) is 9.47. The number of thiophene rings is 1. The van der Waals surface area contributed by atoms with Crippen molar-refractivity contribution < 1.29 is 19.2 Å². The lowest BCUT2D eigenvalue weighted by Gasteiger charge is -2.36. The maximum absolute atomic E-state index is 15.2. The number of hydrogen-bond acceptors (Lipinski definition) is 8. The molecule has 0 radical (unpaired) electrons. The zero-order valence-corrected chi connectivity index (χ0v) is 19.1. The van der Waals surface area contributed by atoms with Gasteiger partial charge in [0.2, 0.25) is 5.43 Å². The molecule has 1 aliphatic heterocycles. The van der Waals surface area contributed by atoms with E-state index in [1.807, 2.05) is 27.0 Å². The quantitative estimate of drug-likeness (QED) is 0.391. The van der Waals surface area contributed by atoms with E-state index in [2.05, 4.69) is 15.0 Å². The highest BCUT2D eigenvalue weighted by atomic mass is 32.1. The van der Waals surface area contributed by atoms with E-state index in [1.54, 1.807) is 17.4 Å². The van der Waals surface area contributed by atoms with Crippen molar-refractivity contribution in [3.05, 3.63) is 62.3 Å². The first kappa shape index (κ1) is 22.5. The maximum atomic E-state index is 15.2. The number of benzene rings is 1. The number of carboxylic acid groups (broad SMARTS) is 1. The molecule has 9 nitrogen and oxygen atoms in total. The van der Waals surface area contributed by atoms with Gasteiger partial charge in [0.25, 0.3) is 0 Å². The van der Waals surface area contributed by atoms with Crippen LogP contribution in [0.5, 0.6) is 0 Å². The topological polar surface area (TPSA) is 113 Å². The van der Waals surface area contributed by atoms with Gasteiger partial charge >= 0.3 is 5.97 Å². The molecule has 0 amide bonds. The Morgan fingerprint density at radius 3 is 2.65 bits per heavy atom. The molecule has 1 saturated carbocycles. The van der Waals surface area contributed by atoms with Gasteiger partial charge in [-0.3, -0.25) is 9.69 Å². The zero-order valence-electron chi connectivity index (χ0n) is 18.3. The minimum Gasteiger partial charge on any atom is -0.477 e. The molecular weight excluding hydrogens is 461 g/mol. The maximum Gasteiger partial charge on any atom is 0.341 e. The summed E-state index contributed by atoms with van der Waals surface area (Å²) in [6, 6.07) is 6.90. The Balaban J connectivity index is 1.39. The van der Waals surface area contributed by atoms with Gasteiger partial charge < -0.3 is 19.5 Å². The van der Waals surface area contributed by atoms with Crippen LogP contribution in [0.1, 0.15) is 34.1 Å². The summed E-state index contributed by atoms with van der Waals surface area (Å²) in [6.07, 6.45) is 3.21. The van der Waals surface area contributed by atoms with Gasteiger partial charge in [-0.05, 0) is 36.4 Å². The van der Waals surface area contributed by atoms with Crippen molar-refractivity contribution in [1.82, 2.24) is 9.47 Å². The Morgan fingerprint density at radius 1 is 1.26 bits per heavy atom. The number of carboxylic acids is 1. The number of nitrogens with zero attached hydrogens (tertiary/aromatic N) is 4. The standard InChI is InChI=1S/C23H24FN5O4S/c24-17-10-15-19(29(14-3-4-14)12-16(22(15)30)23(31)32)11-20(17)28-7-5-27(6-8-28)13-18(26-33-25)21-2-1-9-34-21/h1-2,9-12,14H,3-8,13,25H2,(H,31,32)/b26-18-. The fourth-order valence-corrected chi connectivity index (χ4v) is 5.12. The van der Waals surface area contributed by atoms with Crippen molar-refractivity contribution in [1.29, 1.82) is 0 Å². The summed E-state index contributed by atoms with van der Waals surface area (Å²) in [5.41, 5.74) is 0.748. The first-order valence-electron chi connectivity index (χ1n) is 11.0. The van der Waals surface area contributed by atoms with E-state index in [9.17, 15) is 14.7 Å². The van der Waals surface area contributed by atoms with Crippen LogP contribution in [0, 0.1) is 5.82 Å². The predicted molar refractivity (Wildman–Crippen MR) is 128 cm³/mol.